The summed E-state index contributed by atoms with van der Waals surface area (Å²) in [5.74, 6) is -4.74. The van der Waals surface area contributed by atoms with Crippen LogP contribution in [0.1, 0.15) is 18.9 Å². The number of pyridine rings is 1. The van der Waals surface area contributed by atoms with Crippen molar-refractivity contribution in [2.75, 3.05) is 31.8 Å². The lowest BCUT2D eigenvalue weighted by Gasteiger charge is -2.45. The molecule has 5 rings (SSSR count). The van der Waals surface area contributed by atoms with Crippen LogP contribution in [0, 0.1) is 17.5 Å². The lowest BCUT2D eigenvalue weighted by atomic mass is 9.89. The van der Waals surface area contributed by atoms with Gasteiger partial charge >= 0.3 is 0 Å². The van der Waals surface area contributed by atoms with Crippen molar-refractivity contribution >= 4 is 23.5 Å². The molecule has 0 radical (unpaired) electrons. The minimum atomic E-state index is -1.65. The van der Waals surface area contributed by atoms with E-state index in [0.717, 1.165) is 28.6 Å². The molecule has 1 amide bonds. The number of anilines is 1. The second-order valence-corrected chi connectivity index (χ2v) is 11.6. The average Bonchev–Trinajstić information content (AvgIpc) is 3.49. The summed E-state index contributed by atoms with van der Waals surface area (Å²) in [7, 11) is 1.50. The quantitative estimate of drug-likeness (QED) is 0.265. The van der Waals surface area contributed by atoms with Crippen molar-refractivity contribution in [1.29, 1.82) is 0 Å². The van der Waals surface area contributed by atoms with Crippen LogP contribution in [0.5, 0.6) is 0 Å². The maximum absolute atomic E-state index is 13.8. The number of carbonyl (C=O) groups is 1. The molecule has 16 heteroatoms. The highest BCUT2D eigenvalue weighted by Crippen LogP contribution is 2.42. The maximum Gasteiger partial charge on any atom is 0.244 e. The van der Waals surface area contributed by atoms with Crippen LogP contribution in [-0.2, 0) is 14.3 Å². The van der Waals surface area contributed by atoms with Gasteiger partial charge in [-0.05, 0) is 24.3 Å². The van der Waals surface area contributed by atoms with E-state index in [1.54, 1.807) is 18.2 Å². The number of nitrogens with zero attached hydrogens (tertiary/aromatic N) is 5. The number of hydrogen-bond acceptors (Lipinski definition) is 11. The van der Waals surface area contributed by atoms with Crippen LogP contribution in [0.2, 0.25) is 0 Å². The maximum atomic E-state index is 13.8. The van der Waals surface area contributed by atoms with Gasteiger partial charge in [0.05, 0.1) is 18.4 Å². The Balaban J connectivity index is 1.45. The number of aliphatic hydroxyl groups excluding tert-OH is 3. The molecule has 1 unspecified atom stereocenters. The van der Waals surface area contributed by atoms with E-state index in [0.29, 0.717) is 5.82 Å². The molecule has 6 atom stereocenters. The first-order chi connectivity index (χ1) is 20.5. The Morgan fingerprint density at radius 3 is 2.51 bits per heavy atom. The van der Waals surface area contributed by atoms with Crippen LogP contribution in [-0.4, -0.2) is 108 Å². The molecule has 3 aromatic rings. The third-order valence-electron chi connectivity index (χ3n) is 7.61. The van der Waals surface area contributed by atoms with Crippen molar-refractivity contribution in [3.63, 3.8) is 0 Å². The molecule has 2 aromatic heterocycles. The predicted molar refractivity (Wildman–Crippen MR) is 146 cm³/mol. The molecule has 0 aliphatic carbocycles. The standard InChI is InChI=1S/C27H30F3N5O7S/c1-34(19-4-2-3-7-31-19)25(39)24(27(40)5-8-41-9-6-27)43-26-23(38)21(22(37)18(13-36)42-26)35-12-17(32-33-35)14-10-15(28)20(30)16(29)11-14/h2-4,7,10-12,18,21-24,26,36-38,40H,5-6,8-9,13H2,1H3/t18-,21+,22+,23-,24?,26+/m1/s1. The number of hydrogen-bond donors (Lipinski definition) is 4. The summed E-state index contributed by atoms with van der Waals surface area (Å²) in [5, 5.41) is 50.6. The Morgan fingerprint density at radius 2 is 1.88 bits per heavy atom. The van der Waals surface area contributed by atoms with Crippen molar-refractivity contribution in [1.82, 2.24) is 20.0 Å². The minimum absolute atomic E-state index is 0.0880. The Labute approximate surface area is 248 Å². The van der Waals surface area contributed by atoms with E-state index >= 15 is 0 Å². The van der Waals surface area contributed by atoms with E-state index < -0.39 is 70.6 Å². The van der Waals surface area contributed by atoms with E-state index in [1.165, 1.54) is 24.3 Å². The van der Waals surface area contributed by atoms with Gasteiger partial charge in [-0.1, -0.05) is 11.3 Å². The van der Waals surface area contributed by atoms with E-state index in [2.05, 4.69) is 15.3 Å². The fourth-order valence-electron chi connectivity index (χ4n) is 5.13. The normalized spacial score (nSPS) is 26.2. The van der Waals surface area contributed by atoms with Crippen LogP contribution in [0.4, 0.5) is 19.0 Å². The third kappa shape index (κ3) is 6.26. The number of benzene rings is 1. The number of aromatic nitrogens is 4. The predicted octanol–water partition coefficient (Wildman–Crippen LogP) is 1.04. The second kappa shape index (κ2) is 12.9. The fourth-order valence-corrected chi connectivity index (χ4v) is 6.69. The third-order valence-corrected chi connectivity index (χ3v) is 9.18. The van der Waals surface area contributed by atoms with Gasteiger partial charge in [-0.15, -0.1) is 16.9 Å². The summed E-state index contributed by atoms with van der Waals surface area (Å²) < 4.78 is 53.4. The van der Waals surface area contributed by atoms with Crippen molar-refractivity contribution < 1.29 is 47.9 Å². The molecule has 0 bridgehead atoms. The molecule has 232 valence electrons. The highest BCUT2D eigenvalue weighted by molar-refractivity contribution is 8.01. The Bertz CT molecular complexity index is 1410. The monoisotopic (exact) mass is 625 g/mol. The smallest absolute Gasteiger partial charge is 0.244 e. The number of thioether (sulfide) groups is 1. The van der Waals surface area contributed by atoms with Gasteiger partial charge in [0.15, 0.2) is 17.5 Å². The largest absolute Gasteiger partial charge is 0.394 e. The first-order valence-corrected chi connectivity index (χ1v) is 14.3. The van der Waals surface area contributed by atoms with Crippen LogP contribution >= 0.6 is 11.8 Å². The lowest BCUT2D eigenvalue weighted by Crippen LogP contribution is -2.58. The lowest BCUT2D eigenvalue weighted by molar-refractivity contribution is -0.179. The molecule has 2 aliphatic heterocycles. The molecule has 0 spiro atoms. The Morgan fingerprint density at radius 1 is 1.19 bits per heavy atom. The van der Waals surface area contributed by atoms with Crippen LogP contribution < -0.4 is 4.90 Å². The summed E-state index contributed by atoms with van der Waals surface area (Å²) in [6.07, 6.45) is -1.45. The Hall–Kier alpha value is -3.12. The highest BCUT2D eigenvalue weighted by Gasteiger charge is 2.51. The summed E-state index contributed by atoms with van der Waals surface area (Å²) in [6, 6.07) is 5.14. The number of rotatable bonds is 8. The van der Waals surface area contributed by atoms with Gasteiger partial charge in [0.2, 0.25) is 5.91 Å². The Kier molecular flexibility index (Phi) is 9.36. The van der Waals surface area contributed by atoms with E-state index in [1.807, 2.05) is 0 Å². The van der Waals surface area contributed by atoms with Crippen LogP contribution in [0.3, 0.4) is 0 Å². The minimum Gasteiger partial charge on any atom is -0.394 e. The molecule has 1 aromatic carbocycles. The van der Waals surface area contributed by atoms with E-state index in [4.69, 9.17) is 9.47 Å². The van der Waals surface area contributed by atoms with Crippen LogP contribution in [0.25, 0.3) is 11.3 Å². The molecular weight excluding hydrogens is 595 g/mol. The number of carbonyl (C=O) groups excluding carboxylic acids is 1. The molecule has 0 saturated carbocycles. The molecule has 2 aliphatic rings. The summed E-state index contributed by atoms with van der Waals surface area (Å²) >= 11 is 0.817. The zero-order valence-corrected chi connectivity index (χ0v) is 23.6. The van der Waals surface area contributed by atoms with E-state index in [-0.39, 0.29) is 37.3 Å². The van der Waals surface area contributed by atoms with Gasteiger partial charge in [-0.2, -0.15) is 0 Å². The molecule has 4 N–H and O–H groups in total. The molecule has 12 nitrogen and oxygen atoms in total. The number of halogens is 3. The van der Waals surface area contributed by atoms with Crippen molar-refractivity contribution in [3.05, 3.63) is 60.2 Å². The summed E-state index contributed by atoms with van der Waals surface area (Å²) in [4.78, 5) is 19.3. The van der Waals surface area contributed by atoms with E-state index in [9.17, 15) is 38.4 Å². The van der Waals surface area contributed by atoms with Gasteiger partial charge in [0, 0.05) is 44.9 Å². The average molecular weight is 626 g/mol. The number of amides is 1. The van der Waals surface area contributed by atoms with Gasteiger partial charge in [0.25, 0.3) is 0 Å². The van der Waals surface area contributed by atoms with Crippen LogP contribution in [0.15, 0.2) is 42.7 Å². The zero-order chi connectivity index (χ0) is 30.9. The molecule has 2 fully saturated rings. The fraction of sp³-hybridized carbons (Fsp3) is 0.481. The van der Waals surface area contributed by atoms with Gasteiger partial charge in [0.1, 0.15) is 46.6 Å². The summed E-state index contributed by atoms with van der Waals surface area (Å²) in [6.45, 7) is -0.299. The zero-order valence-electron chi connectivity index (χ0n) is 22.8. The number of ether oxygens (including phenoxy) is 2. The summed E-state index contributed by atoms with van der Waals surface area (Å²) in [5.41, 5.74) is -3.08. The second-order valence-electron chi connectivity index (χ2n) is 10.4. The first kappa shape index (κ1) is 31.3. The first-order valence-electron chi connectivity index (χ1n) is 13.4. The molecule has 4 heterocycles. The van der Waals surface area contributed by atoms with Crippen molar-refractivity contribution in [3.8, 4) is 11.3 Å². The van der Waals surface area contributed by atoms with Gasteiger partial charge < -0.3 is 29.9 Å². The molecule has 2 saturated heterocycles. The van der Waals surface area contributed by atoms with Crippen molar-refractivity contribution in [2.45, 2.75) is 53.5 Å². The number of aliphatic hydroxyl groups is 4. The topological polar surface area (TPSA) is 163 Å². The van der Waals surface area contributed by atoms with Gasteiger partial charge in [-0.3, -0.25) is 9.69 Å². The van der Waals surface area contributed by atoms with Gasteiger partial charge in [-0.25, -0.2) is 22.8 Å². The highest BCUT2D eigenvalue weighted by atomic mass is 32.2. The molecular formula is C27H30F3N5O7S. The SMILES string of the molecule is CN(C(=O)C(S[C@@H]1O[C@H](CO)[C@H](O)[C@H](n2cc(-c3cc(F)c(F)c(F)c3)nn2)[C@H]1O)C1(O)CCOCC1)c1ccccn1. The van der Waals surface area contributed by atoms with Crippen molar-refractivity contribution in [2.24, 2.45) is 0 Å². The molecule has 43 heavy (non-hydrogen) atoms.